The molecule has 0 bridgehead atoms. The first kappa shape index (κ1) is 11.6. The minimum Gasteiger partial charge on any atom is -0.399 e. The van der Waals surface area contributed by atoms with Crippen LogP contribution in [0.5, 0.6) is 0 Å². The van der Waals surface area contributed by atoms with Crippen LogP contribution in [0.2, 0.25) is 0 Å². The van der Waals surface area contributed by atoms with Crippen molar-refractivity contribution in [1.29, 1.82) is 0 Å². The number of nitrogens with zero attached hydrogens (tertiary/aromatic N) is 2. The number of aromatic nitrogens is 2. The third-order valence-electron chi connectivity index (χ3n) is 2.41. The van der Waals surface area contributed by atoms with Crippen molar-refractivity contribution < 1.29 is 9.13 Å². The lowest BCUT2D eigenvalue weighted by Gasteiger charge is -2.01. The highest BCUT2D eigenvalue weighted by Gasteiger charge is 2.04. The van der Waals surface area contributed by atoms with Gasteiger partial charge >= 0.3 is 0 Å². The van der Waals surface area contributed by atoms with Gasteiger partial charge < -0.3 is 10.5 Å². The van der Waals surface area contributed by atoms with Gasteiger partial charge in [-0.3, -0.25) is 4.68 Å². The third-order valence-corrected chi connectivity index (χ3v) is 2.41. The van der Waals surface area contributed by atoms with E-state index in [2.05, 4.69) is 5.10 Å². The van der Waals surface area contributed by atoms with Crippen LogP contribution >= 0.6 is 0 Å². The summed E-state index contributed by atoms with van der Waals surface area (Å²) in [6.07, 6.45) is 3.52. The van der Waals surface area contributed by atoms with Gasteiger partial charge in [0.1, 0.15) is 5.82 Å². The predicted octanol–water partition coefficient (Wildman–Crippen LogP) is 1.92. The monoisotopic (exact) mass is 235 g/mol. The largest absolute Gasteiger partial charge is 0.399 e. The van der Waals surface area contributed by atoms with Gasteiger partial charge in [0.15, 0.2) is 0 Å². The fourth-order valence-corrected chi connectivity index (χ4v) is 1.60. The van der Waals surface area contributed by atoms with E-state index in [1.807, 2.05) is 6.20 Å². The molecule has 0 saturated carbocycles. The van der Waals surface area contributed by atoms with Crippen LogP contribution in [0, 0.1) is 5.82 Å². The fourth-order valence-electron chi connectivity index (χ4n) is 1.60. The van der Waals surface area contributed by atoms with Crippen LogP contribution in [0.4, 0.5) is 10.1 Å². The lowest BCUT2D eigenvalue weighted by Crippen LogP contribution is -2.03. The zero-order chi connectivity index (χ0) is 12.3. The number of nitrogen functional groups attached to an aromatic ring is 1. The Morgan fingerprint density at radius 1 is 1.35 bits per heavy atom. The Balaban J connectivity index is 2.24. The molecular formula is C12H14FN3O. The van der Waals surface area contributed by atoms with Gasteiger partial charge in [0.25, 0.3) is 0 Å². The van der Waals surface area contributed by atoms with Gasteiger partial charge in [0, 0.05) is 24.6 Å². The van der Waals surface area contributed by atoms with E-state index < -0.39 is 0 Å². The van der Waals surface area contributed by atoms with E-state index in [1.165, 1.54) is 12.1 Å². The first-order valence-electron chi connectivity index (χ1n) is 5.27. The zero-order valence-corrected chi connectivity index (χ0v) is 9.56. The Bertz CT molecular complexity index is 490. The topological polar surface area (TPSA) is 53.1 Å². The highest BCUT2D eigenvalue weighted by atomic mass is 19.1. The molecule has 0 aliphatic carbocycles. The molecule has 0 amide bonds. The Morgan fingerprint density at radius 3 is 2.88 bits per heavy atom. The molecule has 17 heavy (non-hydrogen) atoms. The highest BCUT2D eigenvalue weighted by Crippen LogP contribution is 2.22. The van der Waals surface area contributed by atoms with Crippen molar-refractivity contribution in [1.82, 2.24) is 9.78 Å². The molecule has 5 heteroatoms. The van der Waals surface area contributed by atoms with E-state index >= 15 is 0 Å². The van der Waals surface area contributed by atoms with Gasteiger partial charge in [-0.15, -0.1) is 0 Å². The average molecular weight is 235 g/mol. The van der Waals surface area contributed by atoms with E-state index in [0.29, 0.717) is 18.8 Å². The van der Waals surface area contributed by atoms with Gasteiger partial charge in [-0.05, 0) is 23.8 Å². The predicted molar refractivity (Wildman–Crippen MR) is 63.9 cm³/mol. The van der Waals surface area contributed by atoms with E-state index in [9.17, 15) is 4.39 Å². The standard InChI is InChI=1S/C12H14FN3O/c1-17-3-2-16-8-10(7-15-16)9-4-11(13)6-12(14)5-9/h4-8H,2-3,14H2,1H3. The Labute approximate surface area is 98.8 Å². The molecule has 1 heterocycles. The van der Waals surface area contributed by atoms with Crippen LogP contribution in [-0.2, 0) is 11.3 Å². The quantitative estimate of drug-likeness (QED) is 0.824. The Morgan fingerprint density at radius 2 is 2.18 bits per heavy atom. The smallest absolute Gasteiger partial charge is 0.125 e. The molecule has 0 fully saturated rings. The lowest BCUT2D eigenvalue weighted by atomic mass is 10.1. The molecule has 0 aliphatic heterocycles. The summed E-state index contributed by atoms with van der Waals surface area (Å²) in [6.45, 7) is 1.26. The highest BCUT2D eigenvalue weighted by molar-refractivity contribution is 5.66. The van der Waals surface area contributed by atoms with E-state index in [4.69, 9.17) is 10.5 Å². The molecule has 2 aromatic rings. The summed E-state index contributed by atoms with van der Waals surface area (Å²) in [6, 6.07) is 4.45. The number of hydrogen-bond acceptors (Lipinski definition) is 3. The lowest BCUT2D eigenvalue weighted by molar-refractivity contribution is 0.183. The number of hydrogen-bond donors (Lipinski definition) is 1. The number of methoxy groups -OCH3 is 1. The molecular weight excluding hydrogens is 221 g/mol. The number of ether oxygens (including phenoxy) is 1. The van der Waals surface area contributed by atoms with Gasteiger partial charge in [-0.25, -0.2) is 4.39 Å². The van der Waals surface area contributed by atoms with Gasteiger partial charge in [0.05, 0.1) is 19.3 Å². The SMILES string of the molecule is COCCn1cc(-c2cc(N)cc(F)c2)cn1. The van der Waals surface area contributed by atoms with Crippen LogP contribution in [0.3, 0.4) is 0 Å². The van der Waals surface area contributed by atoms with Crippen LogP contribution < -0.4 is 5.73 Å². The van der Waals surface area contributed by atoms with Crippen molar-refractivity contribution in [2.24, 2.45) is 0 Å². The molecule has 90 valence electrons. The molecule has 0 spiro atoms. The van der Waals surface area contributed by atoms with Crippen LogP contribution in [-0.4, -0.2) is 23.5 Å². The van der Waals surface area contributed by atoms with Crippen molar-refractivity contribution in [3.63, 3.8) is 0 Å². The van der Waals surface area contributed by atoms with Gasteiger partial charge in [-0.1, -0.05) is 0 Å². The van der Waals surface area contributed by atoms with E-state index in [1.54, 1.807) is 24.1 Å². The minimum atomic E-state index is -0.343. The summed E-state index contributed by atoms with van der Waals surface area (Å²) >= 11 is 0. The summed E-state index contributed by atoms with van der Waals surface area (Å²) < 4.78 is 19.9. The molecule has 0 saturated heterocycles. The van der Waals surface area contributed by atoms with Crippen LogP contribution in [0.15, 0.2) is 30.6 Å². The average Bonchev–Trinajstić information content (AvgIpc) is 2.73. The van der Waals surface area contributed by atoms with Crippen molar-refractivity contribution in [3.8, 4) is 11.1 Å². The van der Waals surface area contributed by atoms with Crippen molar-refractivity contribution >= 4 is 5.69 Å². The Hall–Kier alpha value is -1.88. The second-order valence-corrected chi connectivity index (χ2v) is 3.76. The number of rotatable bonds is 4. The molecule has 0 radical (unpaired) electrons. The summed E-state index contributed by atoms with van der Waals surface area (Å²) in [7, 11) is 1.64. The molecule has 0 aliphatic rings. The molecule has 2 rings (SSSR count). The summed E-state index contributed by atoms with van der Waals surface area (Å²) in [4.78, 5) is 0. The molecule has 2 N–H and O–H groups in total. The Kier molecular flexibility index (Phi) is 3.39. The van der Waals surface area contributed by atoms with Crippen molar-refractivity contribution in [2.45, 2.75) is 6.54 Å². The van der Waals surface area contributed by atoms with E-state index in [-0.39, 0.29) is 5.82 Å². The number of nitrogens with two attached hydrogens (primary N) is 1. The van der Waals surface area contributed by atoms with Crippen LogP contribution in [0.1, 0.15) is 0 Å². The van der Waals surface area contributed by atoms with Crippen molar-refractivity contribution in [2.75, 3.05) is 19.5 Å². The second-order valence-electron chi connectivity index (χ2n) is 3.76. The van der Waals surface area contributed by atoms with E-state index in [0.717, 1.165) is 11.1 Å². The maximum Gasteiger partial charge on any atom is 0.125 e. The third kappa shape index (κ3) is 2.82. The summed E-state index contributed by atoms with van der Waals surface area (Å²) in [5.74, 6) is -0.343. The zero-order valence-electron chi connectivity index (χ0n) is 9.56. The molecule has 0 unspecified atom stereocenters. The van der Waals surface area contributed by atoms with Crippen LogP contribution in [0.25, 0.3) is 11.1 Å². The summed E-state index contributed by atoms with van der Waals surface area (Å²) in [5, 5.41) is 4.16. The maximum atomic E-state index is 13.2. The molecule has 4 nitrogen and oxygen atoms in total. The second kappa shape index (κ2) is 4.97. The molecule has 1 aromatic carbocycles. The first-order valence-corrected chi connectivity index (χ1v) is 5.27. The summed E-state index contributed by atoms with van der Waals surface area (Å²) in [5.41, 5.74) is 7.57. The van der Waals surface area contributed by atoms with Crippen molar-refractivity contribution in [3.05, 3.63) is 36.4 Å². The maximum absolute atomic E-state index is 13.2. The number of anilines is 1. The van der Waals surface area contributed by atoms with Gasteiger partial charge in [0.2, 0.25) is 0 Å². The number of benzene rings is 1. The first-order chi connectivity index (χ1) is 8.19. The fraction of sp³-hybridized carbons (Fsp3) is 0.250. The number of halogens is 1. The minimum absolute atomic E-state index is 0.343. The molecule has 1 aromatic heterocycles. The van der Waals surface area contributed by atoms with Gasteiger partial charge in [-0.2, -0.15) is 5.10 Å². The molecule has 0 atom stereocenters. The normalized spacial score (nSPS) is 10.7.